The molecule has 0 aromatic carbocycles. The van der Waals surface area contributed by atoms with E-state index >= 15 is 0 Å². The Balaban J connectivity index is 1.74. The smallest absolute Gasteiger partial charge is 0.146 e. The highest BCUT2D eigenvalue weighted by Gasteiger charge is 2.01. The van der Waals surface area contributed by atoms with Crippen LogP contribution in [0.3, 0.4) is 0 Å². The average Bonchev–Trinajstić information content (AvgIpc) is 2.84. The highest BCUT2D eigenvalue weighted by molar-refractivity contribution is 4.86. The maximum absolute atomic E-state index is 4.01. The number of nitrogens with one attached hydrogen (secondary N) is 1. The van der Waals surface area contributed by atoms with Gasteiger partial charge in [-0.3, -0.25) is 0 Å². The molecule has 0 saturated carbocycles. The first-order valence-electron chi connectivity index (χ1n) is 5.14. The fraction of sp³-hybridized carbons (Fsp3) is 0.556. The van der Waals surface area contributed by atoms with Gasteiger partial charge in [-0.25, -0.2) is 0 Å². The van der Waals surface area contributed by atoms with E-state index in [1.807, 2.05) is 23.2 Å². The lowest BCUT2D eigenvalue weighted by molar-refractivity contribution is 0.618. The zero-order valence-corrected chi connectivity index (χ0v) is 9.46. The molecule has 2 aromatic heterocycles. The van der Waals surface area contributed by atoms with Crippen molar-refractivity contribution in [2.24, 2.45) is 14.1 Å². The van der Waals surface area contributed by atoms with Crippen LogP contribution in [-0.4, -0.2) is 36.1 Å². The number of aryl methyl sites for hydroxylation is 2. The predicted octanol–water partition coefficient (Wildman–Crippen LogP) is -0.724. The summed E-state index contributed by atoms with van der Waals surface area (Å²) in [5.74, 6) is 1.91. The van der Waals surface area contributed by atoms with Crippen LogP contribution in [0.15, 0.2) is 12.7 Å². The quantitative estimate of drug-likeness (QED) is 0.674. The summed E-state index contributed by atoms with van der Waals surface area (Å²) in [5, 5.41) is 18.9. The maximum Gasteiger partial charge on any atom is 0.146 e. The van der Waals surface area contributed by atoms with Crippen LogP contribution in [0.5, 0.6) is 0 Å². The molecule has 0 aliphatic rings. The molecule has 1 N–H and O–H groups in total. The molecule has 0 atom stereocenters. The van der Waals surface area contributed by atoms with Crippen molar-refractivity contribution in [3.63, 3.8) is 0 Å². The number of rotatable bonds is 5. The van der Waals surface area contributed by atoms with Crippen LogP contribution in [0.25, 0.3) is 0 Å². The molecule has 0 amide bonds. The van der Waals surface area contributed by atoms with Crippen LogP contribution in [0.1, 0.15) is 11.6 Å². The van der Waals surface area contributed by atoms with Crippen molar-refractivity contribution in [2.75, 3.05) is 6.54 Å². The third-order valence-corrected chi connectivity index (χ3v) is 2.42. The van der Waals surface area contributed by atoms with Crippen LogP contribution in [0, 0.1) is 0 Å². The summed E-state index contributed by atoms with van der Waals surface area (Å²) in [6, 6.07) is 0. The Labute approximate surface area is 93.5 Å². The average molecular weight is 221 g/mol. The first-order valence-corrected chi connectivity index (χ1v) is 5.14. The van der Waals surface area contributed by atoms with E-state index in [0.717, 1.165) is 24.6 Å². The first-order chi connectivity index (χ1) is 7.77. The monoisotopic (exact) mass is 221 g/mol. The molecule has 0 radical (unpaired) electrons. The largest absolute Gasteiger partial charge is 0.321 e. The van der Waals surface area contributed by atoms with Crippen LogP contribution in [0.4, 0.5) is 0 Å². The Morgan fingerprint density at radius 1 is 1.06 bits per heavy atom. The minimum Gasteiger partial charge on any atom is -0.321 e. The van der Waals surface area contributed by atoms with E-state index in [2.05, 4.69) is 25.7 Å². The Hall–Kier alpha value is -1.76. The summed E-state index contributed by atoms with van der Waals surface area (Å²) >= 11 is 0. The van der Waals surface area contributed by atoms with Gasteiger partial charge >= 0.3 is 0 Å². The molecule has 7 nitrogen and oxygen atoms in total. The molecule has 0 bridgehead atoms. The van der Waals surface area contributed by atoms with E-state index in [4.69, 9.17) is 0 Å². The second-order valence-corrected chi connectivity index (χ2v) is 3.64. The first kappa shape index (κ1) is 10.7. The van der Waals surface area contributed by atoms with Gasteiger partial charge in [0.15, 0.2) is 0 Å². The van der Waals surface area contributed by atoms with E-state index in [0.29, 0.717) is 6.54 Å². The summed E-state index contributed by atoms with van der Waals surface area (Å²) < 4.78 is 3.82. The number of aromatic nitrogens is 6. The fourth-order valence-corrected chi connectivity index (χ4v) is 1.40. The normalized spacial score (nSPS) is 10.9. The van der Waals surface area contributed by atoms with Gasteiger partial charge in [0.25, 0.3) is 0 Å². The molecule has 16 heavy (non-hydrogen) atoms. The lowest BCUT2D eigenvalue weighted by Gasteiger charge is -2.03. The molecule has 86 valence electrons. The molecule has 0 saturated heterocycles. The topological polar surface area (TPSA) is 73.5 Å². The molecule has 0 aliphatic carbocycles. The van der Waals surface area contributed by atoms with E-state index < -0.39 is 0 Å². The van der Waals surface area contributed by atoms with Gasteiger partial charge < -0.3 is 14.5 Å². The third kappa shape index (κ3) is 2.43. The highest BCUT2D eigenvalue weighted by atomic mass is 15.3. The van der Waals surface area contributed by atoms with Gasteiger partial charge in [-0.15, -0.1) is 20.4 Å². The fourth-order valence-electron chi connectivity index (χ4n) is 1.40. The molecule has 0 unspecified atom stereocenters. The van der Waals surface area contributed by atoms with Crippen molar-refractivity contribution < 1.29 is 0 Å². The van der Waals surface area contributed by atoms with E-state index in [1.165, 1.54) is 0 Å². The molecule has 7 heteroatoms. The zero-order valence-electron chi connectivity index (χ0n) is 9.46. The molecular weight excluding hydrogens is 206 g/mol. The van der Waals surface area contributed by atoms with E-state index in [9.17, 15) is 0 Å². The van der Waals surface area contributed by atoms with Crippen LogP contribution in [-0.2, 0) is 27.1 Å². The summed E-state index contributed by atoms with van der Waals surface area (Å²) in [6.07, 6.45) is 4.26. The second-order valence-electron chi connectivity index (χ2n) is 3.64. The summed E-state index contributed by atoms with van der Waals surface area (Å²) in [7, 11) is 3.87. The Kier molecular flexibility index (Phi) is 3.25. The van der Waals surface area contributed by atoms with Crippen LogP contribution >= 0.6 is 0 Å². The summed E-state index contributed by atoms with van der Waals surface area (Å²) in [4.78, 5) is 0. The Morgan fingerprint density at radius 2 is 1.69 bits per heavy atom. The van der Waals surface area contributed by atoms with Crippen molar-refractivity contribution in [1.82, 2.24) is 34.8 Å². The van der Waals surface area contributed by atoms with E-state index in [-0.39, 0.29) is 0 Å². The minimum absolute atomic E-state index is 0.717. The molecule has 2 aromatic rings. The van der Waals surface area contributed by atoms with Crippen molar-refractivity contribution >= 4 is 0 Å². The van der Waals surface area contributed by atoms with Gasteiger partial charge in [0, 0.05) is 27.1 Å². The second kappa shape index (κ2) is 4.84. The van der Waals surface area contributed by atoms with Gasteiger partial charge in [-0.1, -0.05) is 0 Å². The summed E-state index contributed by atoms with van der Waals surface area (Å²) in [6.45, 7) is 1.56. The van der Waals surface area contributed by atoms with Crippen molar-refractivity contribution in [3.05, 3.63) is 24.3 Å². The van der Waals surface area contributed by atoms with Gasteiger partial charge in [-0.05, 0) is 0 Å². The van der Waals surface area contributed by atoms with Crippen molar-refractivity contribution in [2.45, 2.75) is 13.0 Å². The summed E-state index contributed by atoms with van der Waals surface area (Å²) in [5.41, 5.74) is 0. The third-order valence-electron chi connectivity index (χ3n) is 2.42. The Bertz CT molecular complexity index is 402. The van der Waals surface area contributed by atoms with Gasteiger partial charge in [0.1, 0.15) is 24.3 Å². The predicted molar refractivity (Wildman–Crippen MR) is 57.4 cm³/mol. The SMILES string of the molecule is Cn1cnnc1CCNCc1nncn1C. The Morgan fingerprint density at radius 3 is 2.25 bits per heavy atom. The van der Waals surface area contributed by atoms with Crippen LogP contribution in [0.2, 0.25) is 0 Å². The standard InChI is InChI=1S/C9H15N7/c1-15-6-11-13-8(15)3-4-10-5-9-14-12-7-16(9)2/h6-7,10H,3-5H2,1-2H3. The van der Waals surface area contributed by atoms with Crippen molar-refractivity contribution in [1.29, 1.82) is 0 Å². The molecule has 0 fully saturated rings. The number of hydrogen-bond donors (Lipinski definition) is 1. The molecule has 0 spiro atoms. The molecule has 2 rings (SSSR count). The van der Waals surface area contributed by atoms with Crippen LogP contribution < -0.4 is 5.32 Å². The molecule has 0 aliphatic heterocycles. The number of nitrogens with zero attached hydrogens (tertiary/aromatic N) is 6. The maximum atomic E-state index is 4.01. The lowest BCUT2D eigenvalue weighted by atomic mass is 10.4. The van der Waals surface area contributed by atoms with Gasteiger partial charge in [0.05, 0.1) is 6.54 Å². The number of hydrogen-bond acceptors (Lipinski definition) is 5. The molecule has 2 heterocycles. The lowest BCUT2D eigenvalue weighted by Crippen LogP contribution is -2.20. The minimum atomic E-state index is 0.717. The van der Waals surface area contributed by atoms with Gasteiger partial charge in [-0.2, -0.15) is 0 Å². The van der Waals surface area contributed by atoms with E-state index in [1.54, 1.807) is 12.7 Å². The molecular formula is C9H15N7. The van der Waals surface area contributed by atoms with Gasteiger partial charge in [0.2, 0.25) is 0 Å². The highest BCUT2D eigenvalue weighted by Crippen LogP contribution is 1.93. The zero-order chi connectivity index (χ0) is 11.4. The van der Waals surface area contributed by atoms with Crippen molar-refractivity contribution in [3.8, 4) is 0 Å².